The molecule has 5 aromatic carbocycles. The summed E-state index contributed by atoms with van der Waals surface area (Å²) in [6.45, 7) is 0. The zero-order valence-electron chi connectivity index (χ0n) is 24.9. The van der Waals surface area contributed by atoms with E-state index in [2.05, 4.69) is 168 Å². The maximum Gasteiger partial charge on any atom is 0.0458 e. The van der Waals surface area contributed by atoms with Crippen LogP contribution in [-0.2, 0) is 0 Å². The van der Waals surface area contributed by atoms with Crippen LogP contribution in [0.1, 0.15) is 36.8 Å². The van der Waals surface area contributed by atoms with Crippen molar-refractivity contribution >= 4 is 33.9 Å². The van der Waals surface area contributed by atoms with E-state index in [0.717, 1.165) is 37.1 Å². The molecule has 0 fully saturated rings. The van der Waals surface area contributed by atoms with Crippen LogP contribution in [0.25, 0.3) is 22.3 Å². The van der Waals surface area contributed by atoms with Crippen molar-refractivity contribution in [2.45, 2.75) is 25.7 Å². The van der Waals surface area contributed by atoms with Crippen LogP contribution in [0, 0.1) is 0 Å². The normalized spacial score (nSPS) is 14.3. The van der Waals surface area contributed by atoms with Gasteiger partial charge in [-0.3, -0.25) is 0 Å². The minimum absolute atomic E-state index is 0.964. The zero-order valence-corrected chi connectivity index (χ0v) is 24.9. The van der Waals surface area contributed by atoms with Gasteiger partial charge in [0.1, 0.15) is 0 Å². The molecule has 0 bridgehead atoms. The minimum Gasteiger partial charge on any atom is -0.356 e. The molecule has 2 aliphatic carbocycles. The molecule has 2 nitrogen and oxygen atoms in total. The number of benzene rings is 5. The maximum atomic E-state index is 3.49. The van der Waals surface area contributed by atoms with Gasteiger partial charge in [-0.1, -0.05) is 109 Å². The molecule has 214 valence electrons. The molecule has 2 heteroatoms. The van der Waals surface area contributed by atoms with E-state index in [1.807, 2.05) is 6.07 Å². The average molecular weight is 569 g/mol. The molecular formula is C42H36N2. The third kappa shape index (κ3) is 6.21. The van der Waals surface area contributed by atoms with Crippen molar-refractivity contribution in [2.24, 2.45) is 0 Å². The molecule has 0 saturated heterocycles. The summed E-state index contributed by atoms with van der Waals surface area (Å²) < 4.78 is 0. The molecule has 0 unspecified atom stereocenters. The van der Waals surface area contributed by atoms with Crippen LogP contribution in [0.2, 0.25) is 0 Å². The molecule has 0 aliphatic heterocycles. The number of hydrogen-bond acceptors (Lipinski definition) is 2. The Balaban J connectivity index is 1.17. The quantitative estimate of drug-likeness (QED) is 0.200. The van der Waals surface area contributed by atoms with Crippen LogP contribution in [0.4, 0.5) is 22.7 Å². The maximum absolute atomic E-state index is 3.49. The standard InChI is InChI=1S/C42H36N2/c1-4-10-32(11-5-1)35-18-26-40(27-19-35)44(41-28-20-36(21-29-41)33-12-6-2-7-13-33)42-30-22-37(23-31-42)34-16-24-39(25-17-34)43-38-14-8-3-9-15-38/h1,3-6,8-22,24-30,43H,2,7,23,31H2. The van der Waals surface area contributed by atoms with E-state index in [4.69, 9.17) is 0 Å². The smallest absolute Gasteiger partial charge is 0.0458 e. The summed E-state index contributed by atoms with van der Waals surface area (Å²) in [6, 6.07) is 47.7. The molecule has 44 heavy (non-hydrogen) atoms. The number of hydrogen-bond donors (Lipinski definition) is 1. The average Bonchev–Trinajstić information content (AvgIpc) is 3.11. The fourth-order valence-corrected chi connectivity index (χ4v) is 6.05. The van der Waals surface area contributed by atoms with Crippen molar-refractivity contribution in [3.05, 3.63) is 181 Å². The molecule has 5 aromatic rings. The lowest BCUT2D eigenvalue weighted by atomic mass is 9.94. The summed E-state index contributed by atoms with van der Waals surface area (Å²) in [7, 11) is 0. The largest absolute Gasteiger partial charge is 0.356 e. The van der Waals surface area contributed by atoms with E-state index < -0.39 is 0 Å². The van der Waals surface area contributed by atoms with E-state index in [1.165, 1.54) is 50.5 Å². The highest BCUT2D eigenvalue weighted by Gasteiger charge is 2.18. The van der Waals surface area contributed by atoms with Crippen LogP contribution in [0.15, 0.2) is 170 Å². The Morgan fingerprint density at radius 2 is 1.07 bits per heavy atom. The Morgan fingerprint density at radius 3 is 1.68 bits per heavy atom. The summed E-state index contributed by atoms with van der Waals surface area (Å²) in [5, 5.41) is 3.49. The van der Waals surface area contributed by atoms with Crippen LogP contribution < -0.4 is 10.2 Å². The topological polar surface area (TPSA) is 15.3 Å². The van der Waals surface area contributed by atoms with Crippen molar-refractivity contribution in [3.8, 4) is 11.1 Å². The van der Waals surface area contributed by atoms with Gasteiger partial charge in [-0.2, -0.15) is 0 Å². The van der Waals surface area contributed by atoms with Gasteiger partial charge >= 0.3 is 0 Å². The highest BCUT2D eigenvalue weighted by molar-refractivity contribution is 5.79. The van der Waals surface area contributed by atoms with Gasteiger partial charge in [0.15, 0.2) is 0 Å². The first-order chi connectivity index (χ1) is 21.8. The van der Waals surface area contributed by atoms with Gasteiger partial charge in [-0.05, 0) is 114 Å². The molecular weight excluding hydrogens is 532 g/mol. The number of nitrogens with one attached hydrogen (secondary N) is 1. The molecule has 0 radical (unpaired) electrons. The van der Waals surface area contributed by atoms with Crippen molar-refractivity contribution in [2.75, 3.05) is 10.2 Å². The number of nitrogens with zero attached hydrogens (tertiary/aromatic N) is 1. The van der Waals surface area contributed by atoms with E-state index >= 15 is 0 Å². The predicted octanol–water partition coefficient (Wildman–Crippen LogP) is 11.7. The van der Waals surface area contributed by atoms with Crippen LogP contribution in [0.5, 0.6) is 0 Å². The fraction of sp³-hybridized carbons (Fsp3) is 0.0952. The minimum atomic E-state index is 0.964. The Labute approximate surface area is 261 Å². The van der Waals surface area contributed by atoms with Gasteiger partial charge in [0.05, 0.1) is 0 Å². The van der Waals surface area contributed by atoms with E-state index in [1.54, 1.807) is 0 Å². The Hall–Kier alpha value is -5.34. The number of allylic oxidation sites excluding steroid dienone is 8. The van der Waals surface area contributed by atoms with E-state index in [-0.39, 0.29) is 0 Å². The summed E-state index contributed by atoms with van der Waals surface area (Å²) in [6.07, 6.45) is 15.7. The molecule has 0 aromatic heterocycles. The van der Waals surface area contributed by atoms with Gasteiger partial charge in [0, 0.05) is 28.4 Å². The fourth-order valence-electron chi connectivity index (χ4n) is 6.05. The van der Waals surface area contributed by atoms with E-state index in [9.17, 15) is 0 Å². The summed E-state index contributed by atoms with van der Waals surface area (Å²) >= 11 is 0. The van der Waals surface area contributed by atoms with Crippen molar-refractivity contribution < 1.29 is 0 Å². The van der Waals surface area contributed by atoms with Crippen molar-refractivity contribution in [1.29, 1.82) is 0 Å². The highest BCUT2D eigenvalue weighted by Crippen LogP contribution is 2.38. The molecule has 0 heterocycles. The first kappa shape index (κ1) is 27.5. The number of para-hydroxylation sites is 1. The number of anilines is 4. The van der Waals surface area contributed by atoms with Gasteiger partial charge in [0.25, 0.3) is 0 Å². The Morgan fingerprint density at radius 1 is 0.477 bits per heavy atom. The van der Waals surface area contributed by atoms with Gasteiger partial charge in [0.2, 0.25) is 0 Å². The van der Waals surface area contributed by atoms with Crippen molar-refractivity contribution in [3.63, 3.8) is 0 Å². The number of rotatable bonds is 8. The second kappa shape index (κ2) is 12.9. The Kier molecular flexibility index (Phi) is 8.05. The lowest BCUT2D eigenvalue weighted by Gasteiger charge is -2.30. The zero-order chi connectivity index (χ0) is 29.6. The van der Waals surface area contributed by atoms with Crippen LogP contribution in [-0.4, -0.2) is 0 Å². The summed E-state index contributed by atoms with van der Waals surface area (Å²) in [5.74, 6) is 0. The lowest BCUT2D eigenvalue weighted by molar-refractivity contribution is 0.930. The molecule has 1 N–H and O–H groups in total. The SMILES string of the molecule is C1=CC(c2ccc(N(C3=CC=C(c4ccc(Nc5ccccc5)cc4)CC3)c3ccc(-c4ccccc4)cc3)cc2)=CCC1. The summed E-state index contributed by atoms with van der Waals surface area (Å²) in [4.78, 5) is 2.42. The Bertz CT molecular complexity index is 1820. The second-order valence-corrected chi connectivity index (χ2v) is 11.4. The van der Waals surface area contributed by atoms with Crippen LogP contribution >= 0.6 is 0 Å². The monoisotopic (exact) mass is 568 g/mol. The molecule has 2 aliphatic rings. The second-order valence-electron chi connectivity index (χ2n) is 11.4. The van der Waals surface area contributed by atoms with Gasteiger partial charge < -0.3 is 10.2 Å². The van der Waals surface area contributed by atoms with E-state index in [0.29, 0.717) is 0 Å². The third-order valence-electron chi connectivity index (χ3n) is 8.42. The highest BCUT2D eigenvalue weighted by atomic mass is 15.1. The third-order valence-corrected chi connectivity index (χ3v) is 8.42. The first-order valence-electron chi connectivity index (χ1n) is 15.6. The predicted molar refractivity (Wildman–Crippen MR) is 188 cm³/mol. The molecule has 0 amide bonds. The van der Waals surface area contributed by atoms with Crippen molar-refractivity contribution in [1.82, 2.24) is 0 Å². The first-order valence-corrected chi connectivity index (χ1v) is 15.6. The molecule has 7 rings (SSSR count). The summed E-state index contributed by atoms with van der Waals surface area (Å²) in [5.41, 5.74) is 13.5. The van der Waals surface area contributed by atoms with Gasteiger partial charge in [-0.25, -0.2) is 0 Å². The molecule has 0 spiro atoms. The van der Waals surface area contributed by atoms with Crippen LogP contribution in [0.3, 0.4) is 0 Å². The molecule has 0 saturated carbocycles. The lowest BCUT2D eigenvalue weighted by Crippen LogP contribution is -2.18. The molecule has 0 atom stereocenters. The van der Waals surface area contributed by atoms with Gasteiger partial charge in [-0.15, -0.1) is 0 Å².